The Bertz CT molecular complexity index is 1110. The summed E-state index contributed by atoms with van der Waals surface area (Å²) in [5, 5.41) is 3.17. The van der Waals surface area contributed by atoms with Gasteiger partial charge < -0.3 is 9.72 Å². The van der Waals surface area contributed by atoms with E-state index in [1.54, 1.807) is 30.6 Å². The Morgan fingerprint density at radius 2 is 1.97 bits per heavy atom. The molecule has 9 nitrogen and oxygen atoms in total. The highest BCUT2D eigenvalue weighted by Gasteiger charge is 2.20. The maximum absolute atomic E-state index is 12.2. The van der Waals surface area contributed by atoms with Crippen LogP contribution >= 0.6 is 0 Å². The Kier molecular flexibility index (Phi) is 6.67. The summed E-state index contributed by atoms with van der Waals surface area (Å²) in [6, 6.07) is 6.53. The first-order chi connectivity index (χ1) is 15.0. The smallest absolute Gasteiger partial charge is 0.399 e. The van der Waals surface area contributed by atoms with Crippen molar-refractivity contribution in [1.29, 1.82) is 0 Å². The van der Waals surface area contributed by atoms with Gasteiger partial charge in [0.15, 0.2) is 5.52 Å². The van der Waals surface area contributed by atoms with E-state index in [1.165, 1.54) is 32.1 Å². The molecule has 2 aromatic heterocycles. The second kappa shape index (κ2) is 9.61. The minimum Gasteiger partial charge on any atom is -0.466 e. The zero-order chi connectivity index (χ0) is 21.7. The zero-order valence-corrected chi connectivity index (χ0v) is 18.5. The summed E-state index contributed by atoms with van der Waals surface area (Å²) in [6.07, 6.45) is 8.56. The van der Waals surface area contributed by atoms with Gasteiger partial charge in [0.2, 0.25) is 10.0 Å². The molecule has 10 heteroatoms. The van der Waals surface area contributed by atoms with Crippen LogP contribution in [0.3, 0.4) is 0 Å². The van der Waals surface area contributed by atoms with Gasteiger partial charge in [-0.25, -0.2) is 28.4 Å². The first-order valence-corrected chi connectivity index (χ1v) is 12.3. The lowest BCUT2D eigenvalue weighted by Crippen LogP contribution is -2.24. The van der Waals surface area contributed by atoms with Gasteiger partial charge in [-0.3, -0.25) is 0 Å². The Labute approximate surface area is 182 Å². The predicted molar refractivity (Wildman–Crippen MR) is 118 cm³/mol. The number of rotatable bonds is 9. The number of hydrogen-bond acceptors (Lipinski definition) is 6. The largest absolute Gasteiger partial charge is 0.466 e. The van der Waals surface area contributed by atoms with E-state index in [0.717, 1.165) is 11.9 Å². The fourth-order valence-electron chi connectivity index (χ4n) is 3.74. The van der Waals surface area contributed by atoms with E-state index in [0.29, 0.717) is 42.2 Å². The summed E-state index contributed by atoms with van der Waals surface area (Å²) < 4.78 is 33.2. The van der Waals surface area contributed by atoms with Crippen LogP contribution in [-0.2, 0) is 10.0 Å². The van der Waals surface area contributed by atoms with Crippen molar-refractivity contribution in [3.63, 3.8) is 0 Å². The topological polar surface area (TPSA) is 123 Å². The molecule has 0 amide bonds. The second-order valence-electron chi connectivity index (χ2n) is 7.88. The van der Waals surface area contributed by atoms with Crippen molar-refractivity contribution in [3.05, 3.63) is 30.6 Å². The van der Waals surface area contributed by atoms with Crippen molar-refractivity contribution in [1.82, 2.24) is 19.7 Å². The van der Waals surface area contributed by atoms with Crippen LogP contribution in [0.1, 0.15) is 45.4 Å². The average Bonchev–Trinajstić information content (AvgIpc) is 3.26. The standard InChI is InChI=1S/C21H28N6O3S/c1-2-12-24-31(28,29)17-10-8-16(9-11-17)25-21-26-19-18(22-14-23-19)20(27-21)30-13-15-6-4-3-5-7-15/h8-11,14-15,24H,2-7,12-13H2,1H3,(H2,22,23,25,26,27)/p+1. The fraction of sp³-hybridized carbons (Fsp3) is 0.476. The second-order valence-corrected chi connectivity index (χ2v) is 9.64. The summed E-state index contributed by atoms with van der Waals surface area (Å²) in [5.41, 5.74) is 1.97. The van der Waals surface area contributed by atoms with E-state index in [2.05, 4.69) is 30.0 Å². The molecule has 0 spiro atoms. The quantitative estimate of drug-likeness (QED) is 0.465. The van der Waals surface area contributed by atoms with Crippen molar-refractivity contribution < 1.29 is 18.1 Å². The van der Waals surface area contributed by atoms with Crippen molar-refractivity contribution in [2.45, 2.75) is 50.3 Å². The van der Waals surface area contributed by atoms with Crippen molar-refractivity contribution in [2.75, 3.05) is 18.5 Å². The third-order valence-corrected chi connectivity index (χ3v) is 6.93. The molecule has 1 fully saturated rings. The van der Waals surface area contributed by atoms with E-state index in [4.69, 9.17) is 4.74 Å². The number of aromatic amines is 2. The highest BCUT2D eigenvalue weighted by molar-refractivity contribution is 7.89. The van der Waals surface area contributed by atoms with Crippen LogP contribution in [0.2, 0.25) is 0 Å². The maximum atomic E-state index is 12.2. The maximum Gasteiger partial charge on any atom is 0.399 e. The monoisotopic (exact) mass is 445 g/mol. The molecule has 3 aromatic rings. The Balaban J connectivity index is 1.49. The van der Waals surface area contributed by atoms with Crippen molar-refractivity contribution in [2.24, 2.45) is 5.92 Å². The molecule has 4 rings (SSSR count). The molecule has 0 aliphatic heterocycles. The van der Waals surface area contributed by atoms with Crippen molar-refractivity contribution >= 4 is 32.8 Å². The van der Waals surface area contributed by atoms with Crippen LogP contribution < -0.4 is 19.8 Å². The van der Waals surface area contributed by atoms with Gasteiger partial charge in [0.25, 0.3) is 11.5 Å². The van der Waals surface area contributed by atoms with Gasteiger partial charge in [0.1, 0.15) is 0 Å². The van der Waals surface area contributed by atoms with Crippen LogP contribution in [0.25, 0.3) is 11.2 Å². The molecule has 1 saturated carbocycles. The summed E-state index contributed by atoms with van der Waals surface area (Å²) in [5.74, 6) is 1.64. The molecular formula is C21H29N6O3S+. The molecule has 31 heavy (non-hydrogen) atoms. The van der Waals surface area contributed by atoms with Crippen LogP contribution in [0.4, 0.5) is 11.6 Å². The molecule has 0 bridgehead atoms. The number of anilines is 2. The van der Waals surface area contributed by atoms with Crippen LogP contribution in [0.5, 0.6) is 5.88 Å². The number of nitrogens with zero attached hydrogens (tertiary/aromatic N) is 2. The third-order valence-electron chi connectivity index (χ3n) is 5.45. The molecule has 166 valence electrons. The van der Waals surface area contributed by atoms with Gasteiger partial charge in [0.05, 0.1) is 23.5 Å². The van der Waals surface area contributed by atoms with Gasteiger partial charge in [0, 0.05) is 6.54 Å². The zero-order valence-electron chi connectivity index (χ0n) is 17.6. The van der Waals surface area contributed by atoms with E-state index in [1.807, 2.05) is 6.92 Å². The molecule has 1 aliphatic rings. The number of imidazole rings is 1. The third kappa shape index (κ3) is 5.31. The van der Waals surface area contributed by atoms with Gasteiger partial charge in [-0.15, -0.1) is 0 Å². The lowest BCUT2D eigenvalue weighted by Gasteiger charge is -2.21. The Morgan fingerprint density at radius 3 is 2.71 bits per heavy atom. The van der Waals surface area contributed by atoms with Crippen LogP contribution in [-0.4, -0.2) is 36.5 Å². The number of hydrogen-bond donors (Lipinski definition) is 3. The van der Waals surface area contributed by atoms with E-state index in [9.17, 15) is 8.42 Å². The normalized spacial score (nSPS) is 15.3. The van der Waals surface area contributed by atoms with Gasteiger partial charge in [-0.1, -0.05) is 26.2 Å². The van der Waals surface area contributed by atoms with E-state index >= 15 is 0 Å². The van der Waals surface area contributed by atoms with Crippen LogP contribution in [0, 0.1) is 5.92 Å². The molecule has 2 heterocycles. The number of H-pyrrole nitrogens is 2. The van der Waals surface area contributed by atoms with Gasteiger partial charge in [-0.2, -0.15) is 0 Å². The Morgan fingerprint density at radius 1 is 1.19 bits per heavy atom. The summed E-state index contributed by atoms with van der Waals surface area (Å²) >= 11 is 0. The number of ether oxygens (including phenoxy) is 1. The summed E-state index contributed by atoms with van der Waals surface area (Å²) in [4.78, 5) is 15.2. The molecule has 0 atom stereocenters. The van der Waals surface area contributed by atoms with E-state index < -0.39 is 10.0 Å². The highest BCUT2D eigenvalue weighted by atomic mass is 32.2. The molecule has 0 saturated heterocycles. The average molecular weight is 446 g/mol. The fourth-order valence-corrected chi connectivity index (χ4v) is 4.87. The lowest BCUT2D eigenvalue weighted by atomic mass is 9.90. The minimum atomic E-state index is -3.49. The highest BCUT2D eigenvalue weighted by Crippen LogP contribution is 2.25. The number of benzene rings is 1. The van der Waals surface area contributed by atoms with Gasteiger partial charge >= 0.3 is 5.95 Å². The summed E-state index contributed by atoms with van der Waals surface area (Å²) in [7, 11) is -3.49. The number of nitrogens with one attached hydrogen (secondary N) is 4. The van der Waals surface area contributed by atoms with Gasteiger partial charge in [-0.05, 0) is 54.4 Å². The molecule has 1 aromatic carbocycles. The summed E-state index contributed by atoms with van der Waals surface area (Å²) in [6.45, 7) is 2.99. The lowest BCUT2D eigenvalue weighted by molar-refractivity contribution is -0.380. The molecule has 0 unspecified atom stereocenters. The van der Waals surface area contributed by atoms with Crippen molar-refractivity contribution in [3.8, 4) is 5.88 Å². The number of fused-ring (bicyclic) bond motifs is 1. The van der Waals surface area contributed by atoms with Crippen LogP contribution in [0.15, 0.2) is 35.5 Å². The Hall–Kier alpha value is -2.72. The molecular weight excluding hydrogens is 416 g/mol. The number of sulfonamides is 1. The first-order valence-electron chi connectivity index (χ1n) is 10.8. The predicted octanol–water partition coefficient (Wildman–Crippen LogP) is 3.16. The first kappa shape index (κ1) is 21.5. The number of aromatic nitrogens is 4. The molecule has 1 aliphatic carbocycles. The molecule has 0 radical (unpaired) electrons. The SMILES string of the molecule is CCCNS(=O)(=O)c1ccc(Nc2nc3nc[nH]c3c(OCC3CCCCC3)[nH+]2)cc1. The van der Waals surface area contributed by atoms with E-state index in [-0.39, 0.29) is 4.90 Å². The minimum absolute atomic E-state index is 0.225. The molecule has 4 N–H and O–H groups in total.